The van der Waals surface area contributed by atoms with Crippen molar-refractivity contribution in [2.24, 2.45) is 0 Å². The predicted octanol–water partition coefficient (Wildman–Crippen LogP) is -0.0891. The molecule has 3 rings (SSSR count). The molecular formula is C21H24Cl2Zr. The maximum atomic E-state index is 3.00. The summed E-state index contributed by atoms with van der Waals surface area (Å²) in [5, 5.41) is 2.73. The molecule has 0 spiro atoms. The fraction of sp³-hybridized carbons (Fsp3) is 0.286. The third-order valence-electron chi connectivity index (χ3n) is 3.67. The summed E-state index contributed by atoms with van der Waals surface area (Å²) in [5.74, 6) is 0. The van der Waals surface area contributed by atoms with Gasteiger partial charge in [0.25, 0.3) is 0 Å². The van der Waals surface area contributed by atoms with Gasteiger partial charge in [-0.05, 0) is 11.8 Å². The summed E-state index contributed by atoms with van der Waals surface area (Å²) in [6.07, 6.45) is 1.13. The van der Waals surface area contributed by atoms with Crippen molar-refractivity contribution in [1.82, 2.24) is 0 Å². The molecule has 0 unspecified atom stereocenters. The number of aryl methyl sites for hydroxylation is 1. The molecule has 3 heteroatoms. The van der Waals surface area contributed by atoms with Crippen molar-refractivity contribution in [2.45, 2.75) is 39.5 Å². The van der Waals surface area contributed by atoms with Gasteiger partial charge in [-0.2, -0.15) is 42.0 Å². The third-order valence-corrected chi connectivity index (χ3v) is 3.67. The topological polar surface area (TPSA) is 0 Å². The van der Waals surface area contributed by atoms with Crippen molar-refractivity contribution in [3.8, 4) is 0 Å². The van der Waals surface area contributed by atoms with Gasteiger partial charge in [0.05, 0.1) is 0 Å². The van der Waals surface area contributed by atoms with E-state index in [1.165, 1.54) is 21.9 Å². The Morgan fingerprint density at radius 2 is 1.54 bits per heavy atom. The fourth-order valence-corrected chi connectivity index (χ4v) is 2.31. The summed E-state index contributed by atoms with van der Waals surface area (Å²) < 4.78 is 0. The second-order valence-electron chi connectivity index (χ2n) is 6.38. The van der Waals surface area contributed by atoms with E-state index in [0.717, 1.165) is 6.42 Å². The first-order valence-corrected chi connectivity index (χ1v) is 7.61. The monoisotopic (exact) mass is 436 g/mol. The van der Waals surface area contributed by atoms with Gasteiger partial charge in [-0.15, -0.1) is 40.6 Å². The second-order valence-corrected chi connectivity index (χ2v) is 6.38. The third kappa shape index (κ3) is 7.60. The van der Waals surface area contributed by atoms with Gasteiger partial charge in [-0.25, -0.2) is 0 Å². The van der Waals surface area contributed by atoms with E-state index in [0.29, 0.717) is 0 Å². The molecule has 3 aromatic carbocycles. The van der Waals surface area contributed by atoms with E-state index in [2.05, 4.69) is 82.3 Å². The molecule has 0 atom stereocenters. The maximum Gasteiger partial charge on any atom is 4.00 e. The summed E-state index contributed by atoms with van der Waals surface area (Å²) in [7, 11) is 0. The van der Waals surface area contributed by atoms with Crippen LogP contribution in [0.1, 0.15) is 38.8 Å². The maximum absolute atomic E-state index is 3.00. The number of hydrogen-bond acceptors (Lipinski definition) is 0. The van der Waals surface area contributed by atoms with Crippen molar-refractivity contribution in [2.75, 3.05) is 0 Å². The van der Waals surface area contributed by atoms with E-state index < -0.39 is 0 Å². The Kier molecular flexibility index (Phi) is 12.8. The van der Waals surface area contributed by atoms with Crippen molar-refractivity contribution in [3.05, 3.63) is 77.9 Å². The van der Waals surface area contributed by atoms with Crippen LogP contribution in [0, 0.1) is 6.07 Å². The number of halogens is 2. The van der Waals surface area contributed by atoms with Crippen LogP contribution in [-0.2, 0) is 38.0 Å². The number of hydrogen-bond donors (Lipinski definition) is 0. The minimum atomic E-state index is 0. The molecule has 0 fully saturated rings. The van der Waals surface area contributed by atoms with Gasteiger partial charge in [0.15, 0.2) is 0 Å². The first-order valence-electron chi connectivity index (χ1n) is 7.61. The van der Waals surface area contributed by atoms with E-state index in [-0.39, 0.29) is 56.4 Å². The molecule has 0 nitrogen and oxygen atoms in total. The van der Waals surface area contributed by atoms with Gasteiger partial charge in [-0.1, -0.05) is 33.8 Å². The zero-order valence-electron chi connectivity index (χ0n) is 14.7. The van der Waals surface area contributed by atoms with Gasteiger partial charge in [-0.3, -0.25) is 0 Å². The first kappa shape index (κ1) is 25.7. The number of rotatable bonds is 1. The molecule has 0 amide bonds. The average Bonchev–Trinajstić information content (AvgIpc) is 2.91. The van der Waals surface area contributed by atoms with Crippen molar-refractivity contribution in [3.63, 3.8) is 0 Å². The normalized spacial score (nSPS) is 9.67. The Morgan fingerprint density at radius 1 is 0.958 bits per heavy atom. The largest absolute Gasteiger partial charge is 4.00 e. The molecule has 126 valence electrons. The van der Waals surface area contributed by atoms with Gasteiger partial charge in [0.1, 0.15) is 0 Å². The van der Waals surface area contributed by atoms with E-state index in [4.69, 9.17) is 0 Å². The molecule has 0 heterocycles. The van der Waals surface area contributed by atoms with Gasteiger partial charge in [0, 0.05) is 0 Å². The zero-order chi connectivity index (χ0) is 15.3. The molecule has 0 bridgehead atoms. The van der Waals surface area contributed by atoms with Crippen LogP contribution < -0.4 is 24.8 Å². The minimum absolute atomic E-state index is 0. The van der Waals surface area contributed by atoms with Crippen LogP contribution in [0.5, 0.6) is 0 Å². The molecule has 0 saturated carbocycles. The summed E-state index contributed by atoms with van der Waals surface area (Å²) in [5.41, 5.74) is 3.08. The van der Waals surface area contributed by atoms with Gasteiger partial charge < -0.3 is 24.8 Å². The summed E-state index contributed by atoms with van der Waals surface area (Å²) >= 11 is 0. The van der Waals surface area contributed by atoms with Crippen molar-refractivity contribution in [1.29, 1.82) is 0 Å². The Bertz CT molecular complexity index is 649. The minimum Gasteiger partial charge on any atom is -1.00 e. The van der Waals surface area contributed by atoms with E-state index in [9.17, 15) is 0 Å². The first-order chi connectivity index (χ1) is 10.0. The Hall–Kier alpha value is -0.487. The number of fused-ring (bicyclic) bond motifs is 1. The zero-order valence-corrected chi connectivity index (χ0v) is 18.7. The molecule has 3 aromatic rings. The summed E-state index contributed by atoms with van der Waals surface area (Å²) in [4.78, 5) is 0. The fourth-order valence-electron chi connectivity index (χ4n) is 2.31. The molecule has 0 N–H and O–H groups in total. The van der Waals surface area contributed by atoms with Crippen LogP contribution in [0.2, 0.25) is 0 Å². The van der Waals surface area contributed by atoms with E-state index in [1.54, 1.807) is 0 Å². The van der Waals surface area contributed by atoms with Crippen LogP contribution >= 0.6 is 0 Å². The van der Waals surface area contributed by atoms with Crippen LogP contribution in [0.4, 0.5) is 0 Å². The smallest absolute Gasteiger partial charge is 1.00 e. The van der Waals surface area contributed by atoms with E-state index >= 15 is 0 Å². The molecular weight excluding hydrogens is 414 g/mol. The Morgan fingerprint density at radius 3 is 2.00 bits per heavy atom. The summed E-state index contributed by atoms with van der Waals surface area (Å²) in [6.45, 7) is 8.82. The van der Waals surface area contributed by atoms with Crippen molar-refractivity contribution < 1.29 is 51.0 Å². The number of benzene rings is 2. The summed E-state index contributed by atoms with van der Waals surface area (Å²) in [6, 6.07) is 24.2. The standard InChI is InChI=1S/C11H11.C10H13.2ClH.Zr/c1-2-9-7-10-5-3-4-6-11(10)8-9;1-10(2,3)9-7-5-4-6-8-9;;;/h3-8H,2H2,1H3;5-8H,1-3H3;2*1H;/q2*-1;;;+4/p-2. The van der Waals surface area contributed by atoms with Crippen molar-refractivity contribution >= 4 is 10.8 Å². The Labute approximate surface area is 178 Å². The van der Waals surface area contributed by atoms with Crippen LogP contribution in [-0.4, -0.2) is 0 Å². The quantitative estimate of drug-likeness (QED) is 0.466. The van der Waals surface area contributed by atoms with E-state index in [1.807, 2.05) is 12.1 Å². The molecule has 0 radical (unpaired) electrons. The van der Waals surface area contributed by atoms with Gasteiger partial charge in [0.2, 0.25) is 0 Å². The SMILES string of the molecule is CC(C)(C)c1cc[c-]cc1.CCc1cc2ccccc2[cH-]1.[Cl-].[Cl-].[Zr+4]. The van der Waals surface area contributed by atoms with Crippen LogP contribution in [0.25, 0.3) is 10.8 Å². The second kappa shape index (κ2) is 12.0. The Balaban J connectivity index is 0. The predicted molar refractivity (Wildman–Crippen MR) is 92.9 cm³/mol. The molecule has 0 saturated heterocycles. The molecule has 0 aliphatic rings. The van der Waals surface area contributed by atoms with Crippen LogP contribution in [0.3, 0.4) is 0 Å². The molecule has 0 aromatic heterocycles. The molecule has 0 aliphatic carbocycles. The molecule has 0 aliphatic heterocycles. The van der Waals surface area contributed by atoms with Gasteiger partial charge >= 0.3 is 26.2 Å². The average molecular weight is 439 g/mol. The molecule has 24 heavy (non-hydrogen) atoms. The van der Waals surface area contributed by atoms with Crippen LogP contribution in [0.15, 0.2) is 60.7 Å².